The van der Waals surface area contributed by atoms with Gasteiger partial charge in [0, 0.05) is 42.6 Å². The molecule has 5 heteroatoms. The van der Waals surface area contributed by atoms with Crippen LogP contribution < -0.4 is 15.0 Å². The predicted octanol–water partition coefficient (Wildman–Crippen LogP) is 4.57. The SMILES string of the molecule is CN1C[C@@H]2CCN(c3ccc(NC(=O)c4ccc(OC5C=CCCC5)cc4)cc3)[C@@H]2C1. The van der Waals surface area contributed by atoms with E-state index >= 15 is 0 Å². The number of likely N-dealkylation sites (N-methyl/N-ethyl adjacent to an activating group) is 1. The van der Waals surface area contributed by atoms with Crippen LogP contribution >= 0.6 is 0 Å². The van der Waals surface area contributed by atoms with Crippen molar-refractivity contribution >= 4 is 17.3 Å². The van der Waals surface area contributed by atoms with Crippen molar-refractivity contribution < 1.29 is 9.53 Å². The Hall–Kier alpha value is -2.79. The quantitative estimate of drug-likeness (QED) is 0.724. The minimum absolute atomic E-state index is 0.101. The molecule has 0 radical (unpaired) electrons. The molecule has 5 nitrogen and oxygen atoms in total. The molecule has 1 unspecified atom stereocenters. The second-order valence-electron chi connectivity index (χ2n) is 9.07. The van der Waals surface area contributed by atoms with Crippen LogP contribution in [0.2, 0.25) is 0 Å². The van der Waals surface area contributed by atoms with Gasteiger partial charge in [-0.25, -0.2) is 0 Å². The molecule has 5 rings (SSSR count). The number of hydrogen-bond acceptors (Lipinski definition) is 4. The molecule has 162 valence electrons. The molecule has 0 saturated carbocycles. The summed E-state index contributed by atoms with van der Waals surface area (Å²) in [4.78, 5) is 17.6. The zero-order valence-corrected chi connectivity index (χ0v) is 18.2. The fourth-order valence-electron chi connectivity index (χ4n) is 5.17. The van der Waals surface area contributed by atoms with E-state index in [1.165, 1.54) is 18.7 Å². The van der Waals surface area contributed by atoms with Crippen LogP contribution in [-0.4, -0.2) is 49.6 Å². The van der Waals surface area contributed by atoms with Crippen molar-refractivity contribution in [1.82, 2.24) is 4.90 Å². The fraction of sp³-hybridized carbons (Fsp3) is 0.423. The van der Waals surface area contributed by atoms with E-state index in [9.17, 15) is 4.79 Å². The van der Waals surface area contributed by atoms with Crippen LogP contribution in [-0.2, 0) is 0 Å². The minimum Gasteiger partial charge on any atom is -0.486 e. The first-order valence-electron chi connectivity index (χ1n) is 11.5. The van der Waals surface area contributed by atoms with Gasteiger partial charge in [-0.05, 0) is 93.3 Å². The summed E-state index contributed by atoms with van der Waals surface area (Å²) in [6.07, 6.45) is 9.06. The van der Waals surface area contributed by atoms with Gasteiger partial charge in [-0.2, -0.15) is 0 Å². The third kappa shape index (κ3) is 4.47. The number of fused-ring (bicyclic) bond motifs is 1. The van der Waals surface area contributed by atoms with Crippen molar-refractivity contribution in [3.05, 3.63) is 66.2 Å². The third-order valence-electron chi connectivity index (χ3n) is 6.80. The molecule has 2 aromatic carbocycles. The first-order valence-corrected chi connectivity index (χ1v) is 11.5. The Bertz CT molecular complexity index is 938. The van der Waals surface area contributed by atoms with Gasteiger partial charge in [0.25, 0.3) is 5.91 Å². The molecule has 31 heavy (non-hydrogen) atoms. The van der Waals surface area contributed by atoms with E-state index in [1.807, 2.05) is 36.4 Å². The Morgan fingerprint density at radius 3 is 2.58 bits per heavy atom. The lowest BCUT2D eigenvalue weighted by molar-refractivity contribution is 0.102. The number of anilines is 2. The van der Waals surface area contributed by atoms with Gasteiger partial charge in [0.1, 0.15) is 11.9 Å². The van der Waals surface area contributed by atoms with Crippen LogP contribution in [0.15, 0.2) is 60.7 Å². The highest BCUT2D eigenvalue weighted by atomic mass is 16.5. The molecule has 2 saturated heterocycles. The van der Waals surface area contributed by atoms with E-state index in [0.29, 0.717) is 11.6 Å². The summed E-state index contributed by atoms with van der Waals surface area (Å²) in [6.45, 7) is 3.47. The molecule has 3 aliphatic rings. The van der Waals surface area contributed by atoms with E-state index in [-0.39, 0.29) is 12.0 Å². The molecule has 1 amide bonds. The number of benzene rings is 2. The number of hydrogen-bond donors (Lipinski definition) is 1. The molecule has 0 spiro atoms. The van der Waals surface area contributed by atoms with Crippen LogP contribution in [0.25, 0.3) is 0 Å². The molecule has 2 heterocycles. The molecular weight excluding hydrogens is 386 g/mol. The third-order valence-corrected chi connectivity index (χ3v) is 6.80. The number of rotatable bonds is 5. The Labute approximate surface area is 184 Å². The van der Waals surface area contributed by atoms with Crippen LogP contribution in [0.1, 0.15) is 36.0 Å². The number of carbonyl (C=O) groups is 1. The summed E-state index contributed by atoms with van der Waals surface area (Å²) in [6, 6.07) is 16.3. The Morgan fingerprint density at radius 2 is 1.84 bits per heavy atom. The average Bonchev–Trinajstić information content (AvgIpc) is 3.34. The molecule has 1 aliphatic carbocycles. The minimum atomic E-state index is -0.101. The van der Waals surface area contributed by atoms with Crippen LogP contribution in [0.5, 0.6) is 5.75 Å². The number of nitrogens with one attached hydrogen (secondary N) is 1. The molecule has 0 bridgehead atoms. The van der Waals surface area contributed by atoms with E-state index in [0.717, 1.165) is 49.7 Å². The highest BCUT2D eigenvalue weighted by Crippen LogP contribution is 2.34. The number of amides is 1. The molecule has 3 atom stereocenters. The second kappa shape index (κ2) is 8.75. The molecule has 2 aromatic rings. The van der Waals surface area contributed by atoms with Crippen LogP contribution in [0.3, 0.4) is 0 Å². The van der Waals surface area contributed by atoms with Crippen LogP contribution in [0.4, 0.5) is 11.4 Å². The lowest BCUT2D eigenvalue weighted by atomic mass is 10.0. The molecule has 0 aromatic heterocycles. The van der Waals surface area contributed by atoms with Crippen molar-refractivity contribution in [2.24, 2.45) is 5.92 Å². The Balaban J connectivity index is 1.18. The van der Waals surface area contributed by atoms with Crippen LogP contribution in [0, 0.1) is 5.92 Å². The highest BCUT2D eigenvalue weighted by Gasteiger charge is 2.39. The van der Waals surface area contributed by atoms with Crippen molar-refractivity contribution in [2.45, 2.75) is 37.8 Å². The van der Waals surface area contributed by atoms with Gasteiger partial charge < -0.3 is 19.9 Å². The number of nitrogens with zero attached hydrogens (tertiary/aromatic N) is 2. The van der Waals surface area contributed by atoms with Gasteiger partial charge in [-0.3, -0.25) is 4.79 Å². The van der Waals surface area contributed by atoms with Gasteiger partial charge in [-0.15, -0.1) is 0 Å². The smallest absolute Gasteiger partial charge is 0.255 e. The monoisotopic (exact) mass is 417 g/mol. The summed E-state index contributed by atoms with van der Waals surface area (Å²) < 4.78 is 5.98. The van der Waals surface area contributed by atoms with Gasteiger partial charge in [0.15, 0.2) is 0 Å². The fourth-order valence-corrected chi connectivity index (χ4v) is 5.17. The highest BCUT2D eigenvalue weighted by molar-refractivity contribution is 6.04. The van der Waals surface area contributed by atoms with Gasteiger partial charge in [0.05, 0.1) is 0 Å². The van der Waals surface area contributed by atoms with Crippen molar-refractivity contribution in [2.75, 3.05) is 36.9 Å². The normalized spacial score (nSPS) is 25.5. The zero-order chi connectivity index (χ0) is 21.2. The maximum atomic E-state index is 12.7. The summed E-state index contributed by atoms with van der Waals surface area (Å²) >= 11 is 0. The van der Waals surface area contributed by atoms with Crippen molar-refractivity contribution in [3.63, 3.8) is 0 Å². The first kappa shape index (κ1) is 20.1. The predicted molar refractivity (Wildman–Crippen MR) is 125 cm³/mol. The largest absolute Gasteiger partial charge is 0.486 e. The van der Waals surface area contributed by atoms with E-state index in [4.69, 9.17) is 4.74 Å². The molecule has 2 fully saturated rings. The molecule has 1 N–H and O–H groups in total. The van der Waals surface area contributed by atoms with Crippen molar-refractivity contribution in [1.29, 1.82) is 0 Å². The molecule has 2 aliphatic heterocycles. The molecular formula is C26H31N3O2. The lowest BCUT2D eigenvalue weighted by Crippen LogP contribution is -2.34. The summed E-state index contributed by atoms with van der Waals surface area (Å²) in [5, 5.41) is 3.01. The number of ether oxygens (including phenoxy) is 1. The first-order chi connectivity index (χ1) is 15.2. The maximum absolute atomic E-state index is 12.7. The summed E-state index contributed by atoms with van der Waals surface area (Å²) in [7, 11) is 2.21. The Kier molecular flexibility index (Phi) is 5.68. The average molecular weight is 418 g/mol. The van der Waals surface area contributed by atoms with Gasteiger partial charge in [0.2, 0.25) is 0 Å². The van der Waals surface area contributed by atoms with Crippen molar-refractivity contribution in [3.8, 4) is 5.75 Å². The summed E-state index contributed by atoms with van der Waals surface area (Å²) in [5.41, 5.74) is 2.70. The number of allylic oxidation sites excluding steroid dienone is 1. The van der Waals surface area contributed by atoms with Gasteiger partial charge >= 0.3 is 0 Å². The Morgan fingerprint density at radius 1 is 1.03 bits per heavy atom. The van der Waals surface area contributed by atoms with Gasteiger partial charge in [-0.1, -0.05) is 6.08 Å². The maximum Gasteiger partial charge on any atom is 0.255 e. The zero-order valence-electron chi connectivity index (χ0n) is 18.2. The number of carbonyl (C=O) groups excluding carboxylic acids is 1. The van der Waals surface area contributed by atoms with E-state index < -0.39 is 0 Å². The lowest BCUT2D eigenvalue weighted by Gasteiger charge is -2.26. The second-order valence-corrected chi connectivity index (χ2v) is 9.07. The standard InChI is InChI=1S/C26H31N3O2/c1-28-17-20-15-16-29(25(20)18-28)22-11-9-21(10-12-22)27-26(30)19-7-13-24(14-8-19)31-23-5-3-2-4-6-23/h3,5,7-14,20,23,25H,2,4,6,15-18H2,1H3,(H,27,30)/t20-,23?,25+/m0/s1. The number of likely N-dealkylation sites (tertiary alicyclic amines) is 1. The summed E-state index contributed by atoms with van der Waals surface area (Å²) in [5.74, 6) is 1.49. The van der Waals surface area contributed by atoms with E-state index in [2.05, 4.69) is 46.4 Å². The topological polar surface area (TPSA) is 44.8 Å². The van der Waals surface area contributed by atoms with E-state index in [1.54, 1.807) is 0 Å².